The van der Waals surface area contributed by atoms with E-state index in [1.165, 1.54) is 4.57 Å². The van der Waals surface area contributed by atoms with Crippen molar-refractivity contribution >= 4 is 22.5 Å². The predicted molar refractivity (Wildman–Crippen MR) is 106 cm³/mol. The van der Waals surface area contributed by atoms with Crippen molar-refractivity contribution in [3.05, 3.63) is 74.9 Å². The van der Waals surface area contributed by atoms with E-state index in [0.717, 1.165) is 18.7 Å². The second-order valence-corrected chi connectivity index (χ2v) is 6.21. The lowest BCUT2D eigenvalue weighted by atomic mass is 10.2. The first-order valence-corrected chi connectivity index (χ1v) is 8.90. The number of aromatic nitrogens is 2. The Morgan fingerprint density at radius 3 is 2.74 bits per heavy atom. The summed E-state index contributed by atoms with van der Waals surface area (Å²) in [5.41, 5.74) is 1.38. The molecule has 3 N–H and O–H groups in total. The average molecular weight is 366 g/mol. The number of hydrogen-bond donors (Lipinski definition) is 3. The zero-order valence-electron chi connectivity index (χ0n) is 15.1. The summed E-state index contributed by atoms with van der Waals surface area (Å²) < 4.78 is 1.41. The van der Waals surface area contributed by atoms with Crippen molar-refractivity contribution in [2.24, 2.45) is 0 Å². The van der Waals surface area contributed by atoms with Crippen molar-refractivity contribution in [1.82, 2.24) is 14.9 Å². The molecule has 3 rings (SSSR count). The van der Waals surface area contributed by atoms with Gasteiger partial charge in [0.1, 0.15) is 0 Å². The number of carbonyl (C=O) groups excluding carboxylic acids is 1. The number of fused-ring (bicyclic) bond motifs is 1. The van der Waals surface area contributed by atoms with Crippen LogP contribution in [0.2, 0.25) is 0 Å². The predicted octanol–water partition coefficient (Wildman–Crippen LogP) is 1.83. The van der Waals surface area contributed by atoms with E-state index in [0.29, 0.717) is 16.6 Å². The van der Waals surface area contributed by atoms with E-state index in [-0.39, 0.29) is 18.9 Å². The maximum atomic E-state index is 12.3. The van der Waals surface area contributed by atoms with Crippen LogP contribution in [0.3, 0.4) is 0 Å². The number of rotatable bonds is 7. The number of amides is 1. The number of para-hydroxylation sites is 1. The summed E-state index contributed by atoms with van der Waals surface area (Å²) in [6, 6.07) is 14.5. The van der Waals surface area contributed by atoms with Gasteiger partial charge in [-0.1, -0.05) is 31.2 Å². The molecule has 0 saturated carbocycles. The highest BCUT2D eigenvalue weighted by atomic mass is 16.2. The fourth-order valence-electron chi connectivity index (χ4n) is 2.93. The van der Waals surface area contributed by atoms with Crippen molar-refractivity contribution < 1.29 is 4.79 Å². The van der Waals surface area contributed by atoms with Crippen LogP contribution < -0.4 is 21.9 Å². The number of aromatic amines is 1. The third-order valence-electron chi connectivity index (χ3n) is 4.26. The molecule has 0 bridgehead atoms. The number of nitrogens with zero attached hydrogens (tertiary/aromatic N) is 1. The highest BCUT2D eigenvalue weighted by Crippen LogP contribution is 2.12. The van der Waals surface area contributed by atoms with Crippen LogP contribution >= 0.6 is 0 Å². The topological polar surface area (TPSA) is 96.0 Å². The molecule has 2 aromatic carbocycles. The lowest BCUT2D eigenvalue weighted by Gasteiger charge is -2.10. The summed E-state index contributed by atoms with van der Waals surface area (Å²) in [6.07, 6.45) is 0.118. The second kappa shape index (κ2) is 8.46. The van der Waals surface area contributed by atoms with Crippen molar-refractivity contribution in [1.29, 1.82) is 0 Å². The Hall–Kier alpha value is -3.19. The highest BCUT2D eigenvalue weighted by Gasteiger charge is 2.09. The molecular weight excluding hydrogens is 344 g/mol. The van der Waals surface area contributed by atoms with E-state index in [4.69, 9.17) is 0 Å². The minimum absolute atomic E-state index is 0.118. The Morgan fingerprint density at radius 1 is 1.11 bits per heavy atom. The molecule has 0 aliphatic rings. The van der Waals surface area contributed by atoms with Gasteiger partial charge in [0.15, 0.2) is 0 Å². The van der Waals surface area contributed by atoms with Gasteiger partial charge in [0, 0.05) is 25.2 Å². The molecule has 0 aliphatic heterocycles. The monoisotopic (exact) mass is 366 g/mol. The minimum atomic E-state index is -0.515. The Balaban J connectivity index is 1.71. The SMILES string of the molecule is CCNCc1cccc(NC(=O)CCn2c(=O)[nH]c(=O)c3ccccc32)c1. The third-order valence-corrected chi connectivity index (χ3v) is 4.26. The molecule has 27 heavy (non-hydrogen) atoms. The van der Waals surface area contributed by atoms with Crippen LogP contribution in [0.4, 0.5) is 5.69 Å². The maximum Gasteiger partial charge on any atom is 0.328 e. The molecule has 0 saturated heterocycles. The summed E-state index contributed by atoms with van der Waals surface area (Å²) in [4.78, 5) is 38.6. The maximum absolute atomic E-state index is 12.3. The van der Waals surface area contributed by atoms with Crippen molar-refractivity contribution in [2.75, 3.05) is 11.9 Å². The van der Waals surface area contributed by atoms with Gasteiger partial charge in [0.05, 0.1) is 10.9 Å². The summed E-state index contributed by atoms with van der Waals surface area (Å²) in [6.45, 7) is 3.82. The Morgan fingerprint density at radius 2 is 1.93 bits per heavy atom. The highest BCUT2D eigenvalue weighted by molar-refractivity contribution is 5.90. The Labute approximate surface area is 156 Å². The third kappa shape index (κ3) is 4.51. The number of anilines is 1. The van der Waals surface area contributed by atoms with Gasteiger partial charge in [0.2, 0.25) is 5.91 Å². The van der Waals surface area contributed by atoms with Gasteiger partial charge in [-0.25, -0.2) is 4.79 Å². The van der Waals surface area contributed by atoms with Gasteiger partial charge in [-0.15, -0.1) is 0 Å². The van der Waals surface area contributed by atoms with Crippen molar-refractivity contribution in [2.45, 2.75) is 26.4 Å². The summed E-state index contributed by atoms with van der Waals surface area (Å²) in [5, 5.41) is 6.52. The lowest BCUT2D eigenvalue weighted by molar-refractivity contribution is -0.116. The van der Waals surface area contributed by atoms with Gasteiger partial charge in [0.25, 0.3) is 5.56 Å². The van der Waals surface area contributed by atoms with Crippen molar-refractivity contribution in [3.8, 4) is 0 Å². The summed E-state index contributed by atoms with van der Waals surface area (Å²) in [7, 11) is 0. The molecule has 1 aromatic heterocycles. The molecule has 1 amide bonds. The van der Waals surface area contributed by atoms with Crippen LogP contribution in [0.25, 0.3) is 10.9 Å². The molecule has 3 aromatic rings. The normalized spacial score (nSPS) is 10.9. The van der Waals surface area contributed by atoms with Gasteiger partial charge in [-0.2, -0.15) is 0 Å². The number of H-pyrrole nitrogens is 1. The van der Waals surface area contributed by atoms with E-state index >= 15 is 0 Å². The van der Waals surface area contributed by atoms with Gasteiger partial charge in [-0.05, 0) is 36.4 Å². The number of aryl methyl sites for hydroxylation is 1. The van der Waals surface area contributed by atoms with Gasteiger partial charge >= 0.3 is 5.69 Å². The summed E-state index contributed by atoms with van der Waals surface area (Å²) >= 11 is 0. The number of carbonyl (C=O) groups is 1. The van der Waals surface area contributed by atoms with E-state index in [9.17, 15) is 14.4 Å². The zero-order valence-corrected chi connectivity index (χ0v) is 15.1. The smallest absolute Gasteiger partial charge is 0.326 e. The van der Waals surface area contributed by atoms with E-state index in [1.54, 1.807) is 24.3 Å². The standard InChI is InChI=1S/C20H22N4O3/c1-2-21-13-14-6-5-7-15(12-14)22-18(25)10-11-24-17-9-4-3-8-16(17)19(26)23-20(24)27/h3-9,12,21H,2,10-11,13H2,1H3,(H,22,25)(H,23,26,27). The average Bonchev–Trinajstić information content (AvgIpc) is 2.66. The molecule has 0 aliphatic carbocycles. The van der Waals surface area contributed by atoms with Crippen LogP contribution in [-0.4, -0.2) is 22.0 Å². The Bertz CT molecular complexity index is 1070. The molecule has 0 radical (unpaired) electrons. The molecular formula is C20H22N4O3. The zero-order chi connectivity index (χ0) is 19.2. The van der Waals surface area contributed by atoms with Crippen LogP contribution in [0, 0.1) is 0 Å². The Kier molecular flexibility index (Phi) is 5.83. The van der Waals surface area contributed by atoms with E-state index < -0.39 is 11.2 Å². The quantitative estimate of drug-likeness (QED) is 0.594. The van der Waals surface area contributed by atoms with Gasteiger partial charge < -0.3 is 10.6 Å². The van der Waals surface area contributed by atoms with E-state index in [1.807, 2.05) is 31.2 Å². The molecule has 0 unspecified atom stereocenters. The molecule has 7 heteroatoms. The van der Waals surface area contributed by atoms with Crippen molar-refractivity contribution in [3.63, 3.8) is 0 Å². The molecule has 140 valence electrons. The van der Waals surface area contributed by atoms with Crippen LogP contribution in [0.1, 0.15) is 18.9 Å². The van der Waals surface area contributed by atoms with E-state index in [2.05, 4.69) is 15.6 Å². The number of nitrogens with one attached hydrogen (secondary N) is 3. The molecule has 1 heterocycles. The van der Waals surface area contributed by atoms with Gasteiger partial charge in [-0.3, -0.25) is 19.1 Å². The first kappa shape index (κ1) is 18.6. The number of benzene rings is 2. The molecule has 0 atom stereocenters. The van der Waals surface area contributed by atoms with Crippen LogP contribution in [-0.2, 0) is 17.9 Å². The first-order valence-electron chi connectivity index (χ1n) is 8.90. The van der Waals surface area contributed by atoms with Crippen LogP contribution in [0.15, 0.2) is 58.1 Å². The largest absolute Gasteiger partial charge is 0.328 e. The fourth-order valence-corrected chi connectivity index (χ4v) is 2.93. The number of hydrogen-bond acceptors (Lipinski definition) is 4. The fraction of sp³-hybridized carbons (Fsp3) is 0.250. The lowest BCUT2D eigenvalue weighted by Crippen LogP contribution is -2.31. The van der Waals surface area contributed by atoms with Crippen LogP contribution in [0.5, 0.6) is 0 Å². The molecule has 0 fully saturated rings. The minimum Gasteiger partial charge on any atom is -0.326 e. The first-order chi connectivity index (χ1) is 13.1. The molecule has 7 nitrogen and oxygen atoms in total. The molecule has 0 spiro atoms. The second-order valence-electron chi connectivity index (χ2n) is 6.21. The summed E-state index contributed by atoms with van der Waals surface area (Å²) in [5.74, 6) is -0.196.